The highest BCUT2D eigenvalue weighted by molar-refractivity contribution is 7.89. The van der Waals surface area contributed by atoms with E-state index in [0.717, 1.165) is 22.6 Å². The summed E-state index contributed by atoms with van der Waals surface area (Å²) in [4.78, 5) is 15.4. The van der Waals surface area contributed by atoms with E-state index in [1.165, 1.54) is 21.5 Å². The third-order valence-electron chi connectivity index (χ3n) is 5.67. The fourth-order valence-corrected chi connectivity index (χ4v) is 6.66. The number of anilines is 2. The maximum atomic E-state index is 13.4. The van der Waals surface area contributed by atoms with Crippen molar-refractivity contribution in [1.29, 1.82) is 0 Å². The van der Waals surface area contributed by atoms with Gasteiger partial charge in [0.2, 0.25) is 10.0 Å². The summed E-state index contributed by atoms with van der Waals surface area (Å²) in [7, 11) is -3.76. The summed E-state index contributed by atoms with van der Waals surface area (Å²) in [6, 6.07) is 15.3. The summed E-state index contributed by atoms with van der Waals surface area (Å²) in [5.74, 6) is -0.404. The molecule has 0 bridgehead atoms. The van der Waals surface area contributed by atoms with Crippen LogP contribution in [-0.2, 0) is 10.0 Å². The predicted molar refractivity (Wildman–Crippen MR) is 130 cm³/mol. The number of carbonyl (C=O) groups is 1. The molecule has 4 rings (SSSR count). The summed E-state index contributed by atoms with van der Waals surface area (Å²) in [6.07, 6.45) is 0. The van der Waals surface area contributed by atoms with E-state index in [0.29, 0.717) is 31.9 Å². The molecule has 1 fully saturated rings. The molecule has 168 valence electrons. The number of aryl methyl sites for hydroxylation is 3. The number of thiophene rings is 1. The Labute approximate surface area is 193 Å². The first-order valence-electron chi connectivity index (χ1n) is 10.5. The van der Waals surface area contributed by atoms with Crippen LogP contribution in [0.25, 0.3) is 0 Å². The lowest BCUT2D eigenvalue weighted by atomic mass is 10.1. The Bertz CT molecular complexity index is 1240. The van der Waals surface area contributed by atoms with Crippen molar-refractivity contribution < 1.29 is 13.2 Å². The van der Waals surface area contributed by atoms with Crippen LogP contribution < -0.4 is 10.2 Å². The van der Waals surface area contributed by atoms with Crippen LogP contribution in [0.3, 0.4) is 0 Å². The molecule has 0 unspecified atom stereocenters. The van der Waals surface area contributed by atoms with E-state index >= 15 is 0 Å². The molecule has 0 radical (unpaired) electrons. The maximum Gasteiger partial charge on any atom is 0.267 e. The molecule has 1 saturated heterocycles. The third kappa shape index (κ3) is 4.57. The van der Waals surface area contributed by atoms with Crippen LogP contribution in [0.2, 0.25) is 0 Å². The number of sulfonamides is 1. The quantitative estimate of drug-likeness (QED) is 0.600. The van der Waals surface area contributed by atoms with Crippen molar-refractivity contribution in [2.75, 3.05) is 36.4 Å². The van der Waals surface area contributed by atoms with Crippen LogP contribution in [0.4, 0.5) is 11.4 Å². The van der Waals surface area contributed by atoms with Gasteiger partial charge >= 0.3 is 0 Å². The fourth-order valence-electron chi connectivity index (χ4n) is 3.95. The standard InChI is InChI=1S/C24H27N3O3S2/c1-17-5-4-6-20(15-17)25-24(28)23-22(9-14-31-23)32(29,30)27-12-10-26(11-13-27)21-16-18(2)7-8-19(21)3/h4-9,14-16H,10-13H2,1-3H3,(H,25,28). The molecule has 1 aromatic heterocycles. The number of nitrogens with zero attached hydrogens (tertiary/aromatic N) is 2. The fraction of sp³-hybridized carbons (Fsp3) is 0.292. The Balaban J connectivity index is 1.50. The maximum absolute atomic E-state index is 13.4. The van der Waals surface area contributed by atoms with Crippen LogP contribution >= 0.6 is 11.3 Å². The second-order valence-corrected chi connectivity index (χ2v) is 10.9. The normalized spacial score (nSPS) is 15.0. The Morgan fingerprint density at radius 2 is 1.66 bits per heavy atom. The molecule has 0 aliphatic carbocycles. The lowest BCUT2D eigenvalue weighted by Crippen LogP contribution is -2.49. The predicted octanol–water partition coefficient (Wildman–Crippen LogP) is 4.44. The largest absolute Gasteiger partial charge is 0.369 e. The van der Waals surface area contributed by atoms with Crippen LogP contribution in [0.1, 0.15) is 26.4 Å². The molecule has 1 aliphatic heterocycles. The molecule has 8 heteroatoms. The third-order valence-corrected chi connectivity index (χ3v) is 8.66. The van der Waals surface area contributed by atoms with Crippen molar-refractivity contribution >= 4 is 38.6 Å². The average molecular weight is 470 g/mol. The zero-order chi connectivity index (χ0) is 22.9. The molecule has 2 aromatic carbocycles. The molecule has 32 heavy (non-hydrogen) atoms. The number of hydrogen-bond acceptors (Lipinski definition) is 5. The minimum atomic E-state index is -3.76. The topological polar surface area (TPSA) is 69.7 Å². The lowest BCUT2D eigenvalue weighted by molar-refractivity contribution is 0.102. The summed E-state index contributed by atoms with van der Waals surface area (Å²) in [5.41, 5.74) is 5.18. The number of carbonyl (C=O) groups excluding carboxylic acids is 1. The minimum Gasteiger partial charge on any atom is -0.369 e. The van der Waals surface area contributed by atoms with E-state index < -0.39 is 15.9 Å². The van der Waals surface area contributed by atoms with Gasteiger partial charge in [0.1, 0.15) is 9.77 Å². The highest BCUT2D eigenvalue weighted by atomic mass is 32.2. The molecule has 2 heterocycles. The first kappa shape index (κ1) is 22.5. The zero-order valence-corrected chi connectivity index (χ0v) is 20.1. The highest BCUT2D eigenvalue weighted by Gasteiger charge is 2.33. The highest BCUT2D eigenvalue weighted by Crippen LogP contribution is 2.29. The number of benzene rings is 2. The van der Waals surface area contributed by atoms with Gasteiger partial charge in [-0.3, -0.25) is 4.79 Å². The molecular weight excluding hydrogens is 442 g/mol. The Kier molecular flexibility index (Phi) is 6.37. The van der Waals surface area contributed by atoms with Crippen molar-refractivity contribution in [3.8, 4) is 0 Å². The monoisotopic (exact) mass is 469 g/mol. The van der Waals surface area contributed by atoms with Gasteiger partial charge in [0.15, 0.2) is 0 Å². The van der Waals surface area contributed by atoms with E-state index in [1.54, 1.807) is 11.4 Å². The molecule has 0 atom stereocenters. The van der Waals surface area contributed by atoms with Gasteiger partial charge in [0, 0.05) is 37.6 Å². The molecule has 0 spiro atoms. The van der Waals surface area contributed by atoms with Crippen molar-refractivity contribution in [1.82, 2.24) is 4.31 Å². The molecule has 3 aromatic rings. The Hall–Kier alpha value is -2.68. The Morgan fingerprint density at radius 1 is 0.938 bits per heavy atom. The van der Waals surface area contributed by atoms with Gasteiger partial charge in [-0.15, -0.1) is 11.3 Å². The molecule has 1 N–H and O–H groups in total. The second kappa shape index (κ2) is 9.05. The van der Waals surface area contributed by atoms with Gasteiger partial charge in [-0.05, 0) is 67.1 Å². The minimum absolute atomic E-state index is 0.0767. The van der Waals surface area contributed by atoms with Crippen LogP contribution in [0, 0.1) is 20.8 Å². The smallest absolute Gasteiger partial charge is 0.267 e. The first-order chi connectivity index (χ1) is 15.3. The van der Waals surface area contributed by atoms with Gasteiger partial charge in [-0.2, -0.15) is 4.31 Å². The molecule has 0 saturated carbocycles. The van der Waals surface area contributed by atoms with Crippen molar-refractivity contribution in [3.63, 3.8) is 0 Å². The van der Waals surface area contributed by atoms with Gasteiger partial charge in [-0.1, -0.05) is 24.3 Å². The number of amides is 1. The van der Waals surface area contributed by atoms with Crippen LogP contribution in [0.15, 0.2) is 58.8 Å². The van der Waals surface area contributed by atoms with Gasteiger partial charge < -0.3 is 10.2 Å². The average Bonchev–Trinajstić information content (AvgIpc) is 3.27. The SMILES string of the molecule is Cc1cccc(NC(=O)c2sccc2S(=O)(=O)N2CCN(c3cc(C)ccc3C)CC2)c1. The van der Waals surface area contributed by atoms with Crippen molar-refractivity contribution in [2.45, 2.75) is 25.7 Å². The van der Waals surface area contributed by atoms with E-state index in [4.69, 9.17) is 0 Å². The van der Waals surface area contributed by atoms with Gasteiger partial charge in [-0.25, -0.2) is 8.42 Å². The zero-order valence-electron chi connectivity index (χ0n) is 18.5. The number of rotatable bonds is 5. The van der Waals surface area contributed by atoms with Crippen LogP contribution in [0.5, 0.6) is 0 Å². The van der Waals surface area contributed by atoms with Crippen LogP contribution in [-0.4, -0.2) is 44.8 Å². The second-order valence-electron chi connectivity index (χ2n) is 8.12. The summed E-state index contributed by atoms with van der Waals surface area (Å²) < 4.78 is 28.2. The van der Waals surface area contributed by atoms with Crippen molar-refractivity contribution in [3.05, 3.63) is 75.5 Å². The van der Waals surface area contributed by atoms with Gasteiger partial charge in [0.05, 0.1) is 0 Å². The molecular formula is C24H27N3O3S2. The van der Waals surface area contributed by atoms with Gasteiger partial charge in [0.25, 0.3) is 5.91 Å². The summed E-state index contributed by atoms with van der Waals surface area (Å²) in [5, 5.41) is 4.48. The summed E-state index contributed by atoms with van der Waals surface area (Å²) >= 11 is 1.14. The molecule has 6 nitrogen and oxygen atoms in total. The molecule has 1 aliphatic rings. The van der Waals surface area contributed by atoms with E-state index in [9.17, 15) is 13.2 Å². The first-order valence-corrected chi connectivity index (χ1v) is 12.9. The van der Waals surface area contributed by atoms with Crippen molar-refractivity contribution in [2.24, 2.45) is 0 Å². The van der Waals surface area contributed by atoms with E-state index in [1.807, 2.05) is 25.1 Å². The van der Waals surface area contributed by atoms with E-state index in [2.05, 4.69) is 42.3 Å². The number of piperazine rings is 1. The lowest BCUT2D eigenvalue weighted by Gasteiger charge is -2.36. The molecule has 1 amide bonds. The number of nitrogens with one attached hydrogen (secondary N) is 1. The Morgan fingerprint density at radius 3 is 2.38 bits per heavy atom. The van der Waals surface area contributed by atoms with E-state index in [-0.39, 0.29) is 9.77 Å². The number of hydrogen-bond donors (Lipinski definition) is 1. The summed E-state index contributed by atoms with van der Waals surface area (Å²) in [6.45, 7) is 8.05.